The summed E-state index contributed by atoms with van der Waals surface area (Å²) in [5, 5.41) is 0. The maximum absolute atomic E-state index is 11.7. The molecule has 0 aromatic carbocycles. The van der Waals surface area contributed by atoms with Gasteiger partial charge in [-0.2, -0.15) is 0 Å². The van der Waals surface area contributed by atoms with Gasteiger partial charge in [0.05, 0.1) is 0 Å². The summed E-state index contributed by atoms with van der Waals surface area (Å²) in [7, 11) is 0. The molecule has 0 bridgehead atoms. The van der Waals surface area contributed by atoms with Crippen LogP contribution in [0.25, 0.3) is 0 Å². The van der Waals surface area contributed by atoms with E-state index in [9.17, 15) is 4.79 Å². The van der Waals surface area contributed by atoms with E-state index in [1.807, 2.05) is 20.8 Å². The minimum Gasteiger partial charge on any atom is -0.444 e. The Bertz CT molecular complexity index is 311. The summed E-state index contributed by atoms with van der Waals surface area (Å²) >= 11 is 0. The first-order valence-electron chi connectivity index (χ1n) is 5.36. The van der Waals surface area contributed by atoms with Crippen LogP contribution in [0, 0.1) is 30.1 Å². The first-order valence-corrected chi connectivity index (χ1v) is 5.36. The molecule has 1 heterocycles. The molecule has 3 nitrogen and oxygen atoms in total. The van der Waals surface area contributed by atoms with E-state index in [-0.39, 0.29) is 6.09 Å². The zero-order valence-electron chi connectivity index (χ0n) is 9.49. The fourth-order valence-electron chi connectivity index (χ4n) is 2.25. The first kappa shape index (κ1) is 10.4. The molecular weight excluding hydrogens is 190 g/mol. The number of nitrogens with zero attached hydrogens (tertiary/aromatic N) is 1. The van der Waals surface area contributed by atoms with Gasteiger partial charge in [-0.3, -0.25) is 0 Å². The largest absolute Gasteiger partial charge is 0.444 e. The van der Waals surface area contributed by atoms with Gasteiger partial charge in [0.25, 0.3) is 0 Å². The summed E-state index contributed by atoms with van der Waals surface area (Å²) in [6.07, 6.45) is 5.16. The van der Waals surface area contributed by atoms with Crippen LogP contribution in [0.5, 0.6) is 0 Å². The Kier molecular flexibility index (Phi) is 2.18. The fraction of sp³-hybridized carbons (Fsp3) is 0.750. The van der Waals surface area contributed by atoms with Crippen LogP contribution < -0.4 is 0 Å². The number of rotatable bonds is 0. The van der Waals surface area contributed by atoms with Gasteiger partial charge in [-0.25, -0.2) is 4.79 Å². The average molecular weight is 207 g/mol. The second kappa shape index (κ2) is 3.16. The summed E-state index contributed by atoms with van der Waals surface area (Å²) in [6, 6.07) is 0. The van der Waals surface area contributed by atoms with Crippen molar-refractivity contribution in [3.8, 4) is 12.3 Å². The second-order valence-electron chi connectivity index (χ2n) is 5.41. The molecule has 1 amide bonds. The van der Waals surface area contributed by atoms with E-state index in [1.165, 1.54) is 0 Å². The summed E-state index contributed by atoms with van der Waals surface area (Å²) in [5.41, 5.74) is -0.407. The van der Waals surface area contributed by atoms with Crippen LogP contribution in [0.4, 0.5) is 4.79 Å². The Morgan fingerprint density at radius 1 is 1.40 bits per heavy atom. The molecule has 0 N–H and O–H groups in total. The van der Waals surface area contributed by atoms with Crippen LogP contribution in [0.2, 0.25) is 0 Å². The third-order valence-electron chi connectivity index (χ3n) is 3.04. The van der Waals surface area contributed by atoms with Gasteiger partial charge in [-0.15, -0.1) is 12.3 Å². The quantitative estimate of drug-likeness (QED) is 0.566. The van der Waals surface area contributed by atoms with E-state index in [1.54, 1.807) is 4.90 Å². The summed E-state index contributed by atoms with van der Waals surface area (Å²) in [5.74, 6) is 4.24. The van der Waals surface area contributed by atoms with Crippen LogP contribution in [-0.2, 0) is 4.74 Å². The van der Waals surface area contributed by atoms with Gasteiger partial charge in [-0.05, 0) is 32.6 Å². The highest BCUT2D eigenvalue weighted by Gasteiger charge is 2.56. The fourth-order valence-corrected chi connectivity index (χ4v) is 2.25. The SMILES string of the molecule is C#CC1C2CN(C(=O)OC(C)(C)C)C[C@H]12. The number of fused-ring (bicyclic) bond motifs is 1. The van der Waals surface area contributed by atoms with Gasteiger partial charge >= 0.3 is 6.09 Å². The predicted molar refractivity (Wildman–Crippen MR) is 57.1 cm³/mol. The van der Waals surface area contributed by atoms with Crippen LogP contribution in [0.15, 0.2) is 0 Å². The minimum atomic E-state index is -0.407. The lowest BCUT2D eigenvalue weighted by atomic mass is 10.2. The van der Waals surface area contributed by atoms with Gasteiger partial charge < -0.3 is 9.64 Å². The summed E-state index contributed by atoms with van der Waals surface area (Å²) in [4.78, 5) is 13.4. The molecule has 0 spiro atoms. The van der Waals surface area contributed by atoms with E-state index < -0.39 is 5.60 Å². The topological polar surface area (TPSA) is 29.5 Å². The number of terminal acetylenes is 1. The van der Waals surface area contributed by atoms with E-state index in [2.05, 4.69) is 5.92 Å². The molecule has 3 atom stereocenters. The molecule has 2 aliphatic rings. The molecule has 1 aliphatic heterocycles. The lowest BCUT2D eigenvalue weighted by Crippen LogP contribution is -2.36. The number of carbonyl (C=O) groups is 1. The Morgan fingerprint density at radius 3 is 2.33 bits per heavy atom. The molecule has 82 valence electrons. The van der Waals surface area contributed by atoms with Crippen molar-refractivity contribution in [3.05, 3.63) is 0 Å². The molecule has 1 saturated heterocycles. The zero-order chi connectivity index (χ0) is 11.2. The second-order valence-corrected chi connectivity index (χ2v) is 5.41. The summed E-state index contributed by atoms with van der Waals surface area (Å²) < 4.78 is 5.29. The Morgan fingerprint density at radius 2 is 1.93 bits per heavy atom. The molecule has 2 rings (SSSR count). The third-order valence-corrected chi connectivity index (χ3v) is 3.04. The predicted octanol–water partition coefficient (Wildman–Crippen LogP) is 1.73. The van der Waals surface area contributed by atoms with E-state index in [4.69, 9.17) is 11.2 Å². The van der Waals surface area contributed by atoms with Crippen molar-refractivity contribution < 1.29 is 9.53 Å². The molecule has 2 unspecified atom stereocenters. The number of ether oxygens (including phenoxy) is 1. The standard InChI is InChI=1S/C12H17NO2/c1-5-8-9-6-13(7-10(8)9)11(14)15-12(2,3)4/h1,8-10H,6-7H2,2-4H3/t8?,9-,10?/m1/s1. The number of likely N-dealkylation sites (tertiary alicyclic amines) is 1. The molecule has 1 saturated carbocycles. The van der Waals surface area contributed by atoms with Crippen molar-refractivity contribution in [3.63, 3.8) is 0 Å². The van der Waals surface area contributed by atoms with Gasteiger partial charge in [-0.1, -0.05) is 0 Å². The maximum atomic E-state index is 11.7. The van der Waals surface area contributed by atoms with Crippen molar-refractivity contribution in [2.45, 2.75) is 26.4 Å². The molecule has 2 fully saturated rings. The van der Waals surface area contributed by atoms with Gasteiger partial charge in [0.2, 0.25) is 0 Å². The van der Waals surface area contributed by atoms with Crippen molar-refractivity contribution in [2.75, 3.05) is 13.1 Å². The van der Waals surface area contributed by atoms with Crippen molar-refractivity contribution in [1.82, 2.24) is 4.90 Å². The van der Waals surface area contributed by atoms with E-state index in [0.717, 1.165) is 13.1 Å². The highest BCUT2D eigenvalue weighted by Crippen LogP contribution is 2.51. The average Bonchev–Trinajstić information content (AvgIpc) is 2.54. The van der Waals surface area contributed by atoms with Gasteiger partial charge in [0, 0.05) is 19.0 Å². The van der Waals surface area contributed by atoms with Crippen molar-refractivity contribution >= 4 is 6.09 Å². The zero-order valence-corrected chi connectivity index (χ0v) is 9.49. The smallest absolute Gasteiger partial charge is 0.410 e. The van der Waals surface area contributed by atoms with Crippen LogP contribution in [0.1, 0.15) is 20.8 Å². The number of hydrogen-bond acceptors (Lipinski definition) is 2. The molecule has 0 aromatic rings. The maximum Gasteiger partial charge on any atom is 0.410 e. The first-order chi connectivity index (χ1) is 6.92. The molecule has 1 aliphatic carbocycles. The molecular formula is C12H17NO2. The lowest BCUT2D eigenvalue weighted by Gasteiger charge is -2.25. The Balaban J connectivity index is 1.85. The highest BCUT2D eigenvalue weighted by atomic mass is 16.6. The highest BCUT2D eigenvalue weighted by molar-refractivity contribution is 5.69. The van der Waals surface area contributed by atoms with Crippen LogP contribution in [0.3, 0.4) is 0 Å². The van der Waals surface area contributed by atoms with Gasteiger partial charge in [0.15, 0.2) is 0 Å². The number of carbonyl (C=O) groups excluding carboxylic acids is 1. The van der Waals surface area contributed by atoms with Crippen LogP contribution in [-0.4, -0.2) is 29.7 Å². The van der Waals surface area contributed by atoms with Crippen LogP contribution >= 0.6 is 0 Å². The van der Waals surface area contributed by atoms with E-state index >= 15 is 0 Å². The van der Waals surface area contributed by atoms with Crippen molar-refractivity contribution in [2.24, 2.45) is 17.8 Å². The number of amides is 1. The minimum absolute atomic E-state index is 0.203. The lowest BCUT2D eigenvalue weighted by molar-refractivity contribution is 0.0269. The molecule has 0 aromatic heterocycles. The Hall–Kier alpha value is -1.17. The number of piperidine rings is 1. The third kappa shape index (κ3) is 1.94. The molecule has 0 radical (unpaired) electrons. The summed E-state index contributed by atoms with van der Waals surface area (Å²) in [6.45, 7) is 7.19. The molecule has 15 heavy (non-hydrogen) atoms. The monoisotopic (exact) mass is 207 g/mol. The number of hydrogen-bond donors (Lipinski definition) is 0. The molecule has 3 heteroatoms. The van der Waals surface area contributed by atoms with E-state index in [0.29, 0.717) is 17.8 Å². The van der Waals surface area contributed by atoms with Crippen molar-refractivity contribution in [1.29, 1.82) is 0 Å². The van der Waals surface area contributed by atoms with Gasteiger partial charge in [0.1, 0.15) is 5.60 Å². The normalized spacial score (nSPS) is 33.2. The Labute approximate surface area is 90.8 Å².